The number of hydrogen-bond acceptors (Lipinski definition) is 4. The average molecular weight is 369 g/mol. The number of rotatable bonds is 4. The molecule has 0 aliphatic rings. The van der Waals surface area contributed by atoms with Crippen LogP contribution < -0.4 is 5.32 Å². The van der Waals surface area contributed by atoms with Crippen molar-refractivity contribution in [1.82, 2.24) is 9.78 Å². The number of amides is 1. The molecule has 3 aromatic rings. The van der Waals surface area contributed by atoms with Crippen molar-refractivity contribution in [2.45, 2.75) is 18.7 Å². The maximum Gasteiger partial charge on any atom is 0.259 e. The van der Waals surface area contributed by atoms with Gasteiger partial charge in [-0.1, -0.05) is 18.2 Å². The first-order valence-corrected chi connectivity index (χ1v) is 9.89. The second-order valence-electron chi connectivity index (χ2n) is 6.04. The number of aryl methyl sites for hydroxylation is 1. The first-order chi connectivity index (χ1) is 12.3. The molecule has 134 valence electrons. The van der Waals surface area contributed by atoms with Gasteiger partial charge in [0.05, 0.1) is 27.5 Å². The van der Waals surface area contributed by atoms with Gasteiger partial charge in [-0.15, -0.1) is 0 Å². The van der Waals surface area contributed by atoms with Gasteiger partial charge in [0, 0.05) is 11.9 Å². The van der Waals surface area contributed by atoms with Gasteiger partial charge in [0.1, 0.15) is 0 Å². The highest BCUT2D eigenvalue weighted by molar-refractivity contribution is 7.90. The number of carbonyl (C=O) groups is 1. The Balaban J connectivity index is 1.88. The van der Waals surface area contributed by atoms with Gasteiger partial charge in [-0.05, 0) is 50.2 Å². The number of aromatic nitrogens is 2. The Morgan fingerprint density at radius 1 is 1.00 bits per heavy atom. The van der Waals surface area contributed by atoms with Crippen LogP contribution in [0.2, 0.25) is 0 Å². The Bertz CT molecular complexity index is 1050. The predicted octanol–water partition coefficient (Wildman–Crippen LogP) is 3.14. The molecule has 0 fully saturated rings. The summed E-state index contributed by atoms with van der Waals surface area (Å²) in [5.74, 6) is -0.283. The summed E-state index contributed by atoms with van der Waals surface area (Å²) < 4.78 is 24.8. The van der Waals surface area contributed by atoms with E-state index in [2.05, 4.69) is 10.4 Å². The summed E-state index contributed by atoms with van der Waals surface area (Å²) >= 11 is 0. The molecule has 0 aliphatic carbocycles. The standard InChI is InChI=1S/C19H19N3O3S/c1-13-18(14(2)22(21-13)16-7-5-4-6-8-16)19(23)20-15-9-11-17(12-10-15)26(3,24)25/h4-12H,1-3H3,(H,20,23). The SMILES string of the molecule is Cc1nn(-c2ccccc2)c(C)c1C(=O)Nc1ccc(S(C)(=O)=O)cc1. The fraction of sp³-hybridized carbons (Fsp3) is 0.158. The average Bonchev–Trinajstić information content (AvgIpc) is 2.90. The highest BCUT2D eigenvalue weighted by Crippen LogP contribution is 2.20. The summed E-state index contributed by atoms with van der Waals surface area (Å²) in [6.45, 7) is 3.63. The van der Waals surface area contributed by atoms with E-state index in [1.807, 2.05) is 37.3 Å². The van der Waals surface area contributed by atoms with E-state index in [-0.39, 0.29) is 10.8 Å². The molecule has 6 nitrogen and oxygen atoms in total. The summed E-state index contributed by atoms with van der Waals surface area (Å²) in [5.41, 5.74) is 3.26. The first-order valence-electron chi connectivity index (χ1n) is 8.00. The van der Waals surface area contributed by atoms with Crippen LogP contribution >= 0.6 is 0 Å². The third-order valence-corrected chi connectivity index (χ3v) is 5.19. The molecule has 1 amide bonds. The van der Waals surface area contributed by atoms with Crippen molar-refractivity contribution in [2.75, 3.05) is 11.6 Å². The van der Waals surface area contributed by atoms with E-state index in [9.17, 15) is 13.2 Å². The monoisotopic (exact) mass is 369 g/mol. The number of para-hydroxylation sites is 1. The van der Waals surface area contributed by atoms with Crippen molar-refractivity contribution >= 4 is 21.4 Å². The topological polar surface area (TPSA) is 81.1 Å². The van der Waals surface area contributed by atoms with Crippen molar-refractivity contribution in [3.8, 4) is 5.69 Å². The number of sulfone groups is 1. The lowest BCUT2D eigenvalue weighted by Gasteiger charge is -2.07. The van der Waals surface area contributed by atoms with Crippen LogP contribution in [0.25, 0.3) is 5.69 Å². The molecule has 0 radical (unpaired) electrons. The molecule has 0 atom stereocenters. The number of nitrogens with one attached hydrogen (secondary N) is 1. The Kier molecular flexibility index (Phi) is 4.65. The van der Waals surface area contributed by atoms with Crippen LogP contribution in [0.15, 0.2) is 59.5 Å². The molecule has 0 unspecified atom stereocenters. The third-order valence-electron chi connectivity index (χ3n) is 4.06. The lowest BCUT2D eigenvalue weighted by atomic mass is 10.1. The molecule has 2 aromatic carbocycles. The highest BCUT2D eigenvalue weighted by atomic mass is 32.2. The number of anilines is 1. The van der Waals surface area contributed by atoms with Crippen molar-refractivity contribution in [3.05, 3.63) is 71.5 Å². The molecule has 0 spiro atoms. The van der Waals surface area contributed by atoms with Gasteiger partial charge in [0.25, 0.3) is 5.91 Å². The quantitative estimate of drug-likeness (QED) is 0.766. The summed E-state index contributed by atoms with van der Waals surface area (Å²) in [6, 6.07) is 15.7. The summed E-state index contributed by atoms with van der Waals surface area (Å²) in [6.07, 6.45) is 1.14. The van der Waals surface area contributed by atoms with Crippen LogP contribution in [0.3, 0.4) is 0 Å². The highest BCUT2D eigenvalue weighted by Gasteiger charge is 2.19. The number of benzene rings is 2. The van der Waals surface area contributed by atoms with E-state index in [1.54, 1.807) is 23.7 Å². The maximum absolute atomic E-state index is 12.7. The molecule has 0 bridgehead atoms. The van der Waals surface area contributed by atoms with Crippen LogP contribution in [0.4, 0.5) is 5.69 Å². The largest absolute Gasteiger partial charge is 0.322 e. The normalized spacial score (nSPS) is 11.3. The van der Waals surface area contributed by atoms with Gasteiger partial charge in [-0.2, -0.15) is 5.10 Å². The molecular formula is C19H19N3O3S. The van der Waals surface area contributed by atoms with Crippen molar-refractivity contribution in [2.24, 2.45) is 0 Å². The molecule has 7 heteroatoms. The van der Waals surface area contributed by atoms with Crippen LogP contribution in [0, 0.1) is 13.8 Å². The van der Waals surface area contributed by atoms with Gasteiger partial charge >= 0.3 is 0 Å². The van der Waals surface area contributed by atoms with Crippen LogP contribution in [-0.2, 0) is 9.84 Å². The van der Waals surface area contributed by atoms with Crippen LogP contribution in [-0.4, -0.2) is 30.4 Å². The zero-order valence-electron chi connectivity index (χ0n) is 14.7. The Hall–Kier alpha value is -2.93. The Morgan fingerprint density at radius 2 is 1.62 bits per heavy atom. The van der Waals surface area contributed by atoms with Gasteiger partial charge in [-0.25, -0.2) is 13.1 Å². The molecule has 3 rings (SSSR count). The number of nitrogens with zero attached hydrogens (tertiary/aromatic N) is 2. The fourth-order valence-corrected chi connectivity index (χ4v) is 3.40. The second-order valence-corrected chi connectivity index (χ2v) is 8.06. The van der Waals surface area contributed by atoms with E-state index in [0.717, 1.165) is 17.6 Å². The minimum atomic E-state index is -3.27. The molecule has 1 heterocycles. The number of carbonyl (C=O) groups excluding carboxylic acids is 1. The van der Waals surface area contributed by atoms with E-state index < -0.39 is 9.84 Å². The van der Waals surface area contributed by atoms with Crippen molar-refractivity contribution in [3.63, 3.8) is 0 Å². The molecule has 0 saturated heterocycles. The van der Waals surface area contributed by atoms with E-state index in [0.29, 0.717) is 16.9 Å². The lowest BCUT2D eigenvalue weighted by molar-refractivity contribution is 0.102. The molecule has 0 saturated carbocycles. The lowest BCUT2D eigenvalue weighted by Crippen LogP contribution is -2.14. The Labute approximate surface area is 152 Å². The van der Waals surface area contributed by atoms with Gasteiger partial charge < -0.3 is 5.32 Å². The molecule has 1 N–H and O–H groups in total. The minimum Gasteiger partial charge on any atom is -0.322 e. The predicted molar refractivity (Wildman–Crippen MR) is 101 cm³/mol. The summed E-state index contributed by atoms with van der Waals surface area (Å²) in [4.78, 5) is 12.9. The van der Waals surface area contributed by atoms with Gasteiger partial charge in [0.15, 0.2) is 9.84 Å². The molecule has 0 aliphatic heterocycles. The first kappa shape index (κ1) is 17.9. The molecule has 26 heavy (non-hydrogen) atoms. The van der Waals surface area contributed by atoms with Gasteiger partial charge in [0.2, 0.25) is 0 Å². The maximum atomic E-state index is 12.7. The number of hydrogen-bond donors (Lipinski definition) is 1. The second kappa shape index (κ2) is 6.76. The Morgan fingerprint density at radius 3 is 2.19 bits per heavy atom. The minimum absolute atomic E-state index is 0.208. The molecular weight excluding hydrogens is 350 g/mol. The smallest absolute Gasteiger partial charge is 0.259 e. The van der Waals surface area contributed by atoms with Crippen molar-refractivity contribution < 1.29 is 13.2 Å². The molecule has 1 aromatic heterocycles. The van der Waals surface area contributed by atoms with E-state index >= 15 is 0 Å². The third kappa shape index (κ3) is 3.52. The zero-order valence-corrected chi connectivity index (χ0v) is 15.5. The van der Waals surface area contributed by atoms with Crippen molar-refractivity contribution in [1.29, 1.82) is 0 Å². The fourth-order valence-electron chi connectivity index (χ4n) is 2.77. The summed E-state index contributed by atoms with van der Waals surface area (Å²) in [7, 11) is -3.27. The van der Waals surface area contributed by atoms with Crippen LogP contribution in [0.1, 0.15) is 21.7 Å². The van der Waals surface area contributed by atoms with Gasteiger partial charge in [-0.3, -0.25) is 4.79 Å². The summed E-state index contributed by atoms with van der Waals surface area (Å²) in [5, 5.41) is 7.26. The van der Waals surface area contributed by atoms with E-state index in [4.69, 9.17) is 0 Å². The van der Waals surface area contributed by atoms with Crippen LogP contribution in [0.5, 0.6) is 0 Å². The van der Waals surface area contributed by atoms with E-state index in [1.165, 1.54) is 12.1 Å². The zero-order chi connectivity index (χ0) is 18.9.